The largest absolute Gasteiger partial charge is 0.229 e. The van der Waals surface area contributed by atoms with Crippen molar-refractivity contribution in [3.63, 3.8) is 0 Å². The summed E-state index contributed by atoms with van der Waals surface area (Å²) < 4.78 is 22.2. The maximum atomic E-state index is 11.1. The van der Waals surface area contributed by atoms with Gasteiger partial charge in [0.15, 0.2) is 0 Å². The summed E-state index contributed by atoms with van der Waals surface area (Å²) in [4.78, 5) is 0. The van der Waals surface area contributed by atoms with Gasteiger partial charge in [0.1, 0.15) is 0 Å². The summed E-state index contributed by atoms with van der Waals surface area (Å²) in [7, 11) is -3.27. The molecule has 2 rings (SSSR count). The molecule has 0 aromatic rings. The van der Waals surface area contributed by atoms with E-state index in [0.29, 0.717) is 11.3 Å². The Labute approximate surface area is 86.1 Å². The number of hydrogen-bond donors (Lipinski definition) is 1. The van der Waals surface area contributed by atoms with Crippen LogP contribution in [0.25, 0.3) is 0 Å². The molecule has 14 heavy (non-hydrogen) atoms. The van der Waals surface area contributed by atoms with E-state index in [1.54, 1.807) is 0 Å². The molecule has 4 heteroatoms. The Hall–Kier alpha value is -0.0900. The predicted octanol–water partition coefficient (Wildman–Crippen LogP) is 1.64. The summed E-state index contributed by atoms with van der Waals surface area (Å²) in [6.45, 7) is 0. The van der Waals surface area contributed by atoms with E-state index in [1.165, 1.54) is 38.5 Å². The van der Waals surface area contributed by atoms with Crippen molar-refractivity contribution in [3.05, 3.63) is 0 Å². The molecule has 2 saturated carbocycles. The maximum Gasteiger partial charge on any atom is 0.209 e. The molecule has 2 aliphatic rings. The van der Waals surface area contributed by atoms with Crippen molar-refractivity contribution in [1.29, 1.82) is 0 Å². The first-order valence-electron chi connectivity index (χ1n) is 5.52. The van der Waals surface area contributed by atoms with E-state index in [0.717, 1.165) is 6.42 Å². The predicted molar refractivity (Wildman–Crippen MR) is 56.2 cm³/mol. The van der Waals surface area contributed by atoms with Crippen molar-refractivity contribution in [3.8, 4) is 0 Å². The van der Waals surface area contributed by atoms with Crippen LogP contribution in [-0.2, 0) is 10.0 Å². The lowest BCUT2D eigenvalue weighted by molar-refractivity contribution is 0.0188. The van der Waals surface area contributed by atoms with Crippen LogP contribution in [0.4, 0.5) is 0 Å². The Morgan fingerprint density at radius 3 is 2.29 bits per heavy atom. The van der Waals surface area contributed by atoms with Gasteiger partial charge in [0, 0.05) is 0 Å². The van der Waals surface area contributed by atoms with E-state index in [2.05, 4.69) is 0 Å². The second-order valence-corrected chi connectivity index (χ2v) is 6.65. The number of hydrogen-bond acceptors (Lipinski definition) is 2. The van der Waals surface area contributed by atoms with Crippen molar-refractivity contribution in [1.82, 2.24) is 0 Å². The number of primary sulfonamides is 1. The summed E-state index contributed by atoms with van der Waals surface area (Å²) in [5.41, 5.74) is 0.366. The van der Waals surface area contributed by atoms with Crippen LogP contribution in [0.15, 0.2) is 0 Å². The van der Waals surface area contributed by atoms with Crippen LogP contribution in [0.1, 0.15) is 44.9 Å². The van der Waals surface area contributed by atoms with E-state index < -0.39 is 10.0 Å². The average molecular weight is 217 g/mol. The average Bonchev–Trinajstić information content (AvgIpc) is 1.99. The zero-order valence-corrected chi connectivity index (χ0v) is 9.35. The Kier molecular flexibility index (Phi) is 2.60. The summed E-state index contributed by atoms with van der Waals surface area (Å²) >= 11 is 0. The summed E-state index contributed by atoms with van der Waals surface area (Å²) in [5, 5.41) is 5.14. The second-order valence-electron chi connectivity index (χ2n) is 4.99. The Morgan fingerprint density at radius 2 is 1.79 bits per heavy atom. The lowest BCUT2D eigenvalue weighted by atomic mass is 9.56. The third kappa shape index (κ3) is 1.96. The molecule has 1 unspecified atom stereocenters. The SMILES string of the molecule is NS(=O)(=O)CC1CCCCC12CCC2. The topological polar surface area (TPSA) is 60.2 Å². The van der Waals surface area contributed by atoms with E-state index in [1.807, 2.05) is 0 Å². The van der Waals surface area contributed by atoms with Crippen molar-refractivity contribution in [2.45, 2.75) is 44.9 Å². The fourth-order valence-corrected chi connectivity index (χ4v) is 4.29. The van der Waals surface area contributed by atoms with E-state index in [9.17, 15) is 8.42 Å². The van der Waals surface area contributed by atoms with Crippen LogP contribution >= 0.6 is 0 Å². The van der Waals surface area contributed by atoms with Crippen molar-refractivity contribution < 1.29 is 8.42 Å². The van der Waals surface area contributed by atoms with Gasteiger partial charge < -0.3 is 0 Å². The van der Waals surface area contributed by atoms with Gasteiger partial charge in [0.05, 0.1) is 5.75 Å². The maximum absolute atomic E-state index is 11.1. The molecule has 2 aliphatic carbocycles. The van der Waals surface area contributed by atoms with Crippen molar-refractivity contribution in [2.75, 3.05) is 5.75 Å². The van der Waals surface area contributed by atoms with Gasteiger partial charge in [-0.1, -0.05) is 19.3 Å². The third-order valence-electron chi connectivity index (χ3n) is 4.13. The van der Waals surface area contributed by atoms with Crippen molar-refractivity contribution in [2.24, 2.45) is 16.5 Å². The molecule has 0 radical (unpaired) electrons. The molecule has 1 atom stereocenters. The highest BCUT2D eigenvalue weighted by Crippen LogP contribution is 2.55. The lowest BCUT2D eigenvalue weighted by Gasteiger charge is -2.50. The molecule has 82 valence electrons. The minimum atomic E-state index is -3.27. The molecule has 0 aliphatic heterocycles. The van der Waals surface area contributed by atoms with Crippen molar-refractivity contribution >= 4 is 10.0 Å². The summed E-state index contributed by atoms with van der Waals surface area (Å²) in [6, 6.07) is 0. The standard InChI is InChI=1S/C10H19NO2S/c11-14(12,13)8-9-4-1-2-5-10(9)6-3-7-10/h9H,1-8H2,(H2,11,12,13). The van der Waals surface area contributed by atoms with Crippen LogP contribution in [0.3, 0.4) is 0 Å². The van der Waals surface area contributed by atoms with Gasteiger partial charge in [-0.2, -0.15) is 0 Å². The highest BCUT2D eigenvalue weighted by molar-refractivity contribution is 7.89. The summed E-state index contributed by atoms with van der Waals surface area (Å²) in [5.74, 6) is 0.562. The van der Waals surface area contributed by atoms with Gasteiger partial charge in [-0.3, -0.25) is 0 Å². The van der Waals surface area contributed by atoms with E-state index in [4.69, 9.17) is 5.14 Å². The third-order valence-corrected chi connectivity index (χ3v) is 4.99. The van der Waals surface area contributed by atoms with Gasteiger partial charge in [-0.25, -0.2) is 13.6 Å². The quantitative estimate of drug-likeness (QED) is 0.764. The molecule has 0 amide bonds. The first-order valence-corrected chi connectivity index (χ1v) is 7.24. The fourth-order valence-electron chi connectivity index (χ4n) is 3.21. The van der Waals surface area contributed by atoms with Gasteiger partial charge in [0.25, 0.3) is 0 Å². The molecule has 1 spiro atoms. The highest BCUT2D eigenvalue weighted by atomic mass is 32.2. The van der Waals surface area contributed by atoms with Crippen LogP contribution < -0.4 is 5.14 Å². The first kappa shape index (κ1) is 10.4. The molecule has 0 heterocycles. The highest BCUT2D eigenvalue weighted by Gasteiger charge is 2.45. The lowest BCUT2D eigenvalue weighted by Crippen LogP contribution is -2.43. The van der Waals surface area contributed by atoms with Gasteiger partial charge in [-0.15, -0.1) is 0 Å². The van der Waals surface area contributed by atoms with Crippen LogP contribution in [0.2, 0.25) is 0 Å². The number of rotatable bonds is 2. The molecule has 3 nitrogen and oxygen atoms in total. The molecule has 2 N–H and O–H groups in total. The Balaban J connectivity index is 2.07. The monoisotopic (exact) mass is 217 g/mol. The molecular weight excluding hydrogens is 198 g/mol. The van der Waals surface area contributed by atoms with Crippen LogP contribution in [-0.4, -0.2) is 14.2 Å². The minimum absolute atomic E-state index is 0.215. The van der Waals surface area contributed by atoms with E-state index >= 15 is 0 Å². The molecule has 2 fully saturated rings. The normalized spacial score (nSPS) is 31.4. The zero-order valence-electron chi connectivity index (χ0n) is 8.54. The number of sulfonamides is 1. The molecule has 0 aromatic heterocycles. The molecule has 0 bridgehead atoms. The molecule has 0 aromatic carbocycles. The summed E-state index contributed by atoms with van der Waals surface area (Å²) in [6.07, 6.45) is 8.49. The van der Waals surface area contributed by atoms with Gasteiger partial charge >= 0.3 is 0 Å². The minimum Gasteiger partial charge on any atom is -0.229 e. The Bertz CT molecular complexity index is 306. The van der Waals surface area contributed by atoms with Gasteiger partial charge in [-0.05, 0) is 37.0 Å². The van der Waals surface area contributed by atoms with Crippen LogP contribution in [0.5, 0.6) is 0 Å². The fraction of sp³-hybridized carbons (Fsp3) is 1.00. The second kappa shape index (κ2) is 3.49. The first-order chi connectivity index (χ1) is 6.52. The van der Waals surface area contributed by atoms with E-state index in [-0.39, 0.29) is 5.75 Å². The molecular formula is C10H19NO2S. The number of nitrogens with two attached hydrogens (primary N) is 1. The molecule has 0 saturated heterocycles. The Morgan fingerprint density at radius 1 is 1.14 bits per heavy atom. The zero-order chi connectivity index (χ0) is 10.2. The smallest absolute Gasteiger partial charge is 0.209 e. The van der Waals surface area contributed by atoms with Crippen LogP contribution in [0, 0.1) is 11.3 Å². The van der Waals surface area contributed by atoms with Gasteiger partial charge in [0.2, 0.25) is 10.0 Å².